The molecule has 4 rings (SSSR count). The van der Waals surface area contributed by atoms with Crippen molar-refractivity contribution in [1.29, 1.82) is 0 Å². The Hall–Kier alpha value is -3.43. The molecule has 31 heavy (non-hydrogen) atoms. The number of benzene rings is 2. The number of ether oxygens (including phenoxy) is 1. The SMILES string of the molecule is CON(C)C(=O)c1cc(Oc2ccc3c(c2)nc(Nc2ccc(Br)cc2)n3C)ccn1. The van der Waals surface area contributed by atoms with Crippen molar-refractivity contribution >= 4 is 44.5 Å². The number of anilines is 2. The predicted molar refractivity (Wildman–Crippen MR) is 122 cm³/mol. The number of carbonyl (C=O) groups excluding carboxylic acids is 1. The van der Waals surface area contributed by atoms with Gasteiger partial charge in [-0.1, -0.05) is 15.9 Å². The van der Waals surface area contributed by atoms with Crippen LogP contribution in [0.25, 0.3) is 11.0 Å². The normalized spacial score (nSPS) is 10.8. The molecule has 0 saturated carbocycles. The number of hydrogen-bond acceptors (Lipinski definition) is 6. The summed E-state index contributed by atoms with van der Waals surface area (Å²) in [5.41, 5.74) is 2.90. The van der Waals surface area contributed by atoms with Crippen LogP contribution in [-0.2, 0) is 11.9 Å². The third-order valence-electron chi connectivity index (χ3n) is 4.70. The number of imidazole rings is 1. The van der Waals surface area contributed by atoms with Crippen molar-refractivity contribution < 1.29 is 14.4 Å². The lowest BCUT2D eigenvalue weighted by Gasteiger charge is -2.13. The number of hydrogen-bond donors (Lipinski definition) is 1. The number of aromatic nitrogens is 3. The van der Waals surface area contributed by atoms with Crippen LogP contribution in [0.2, 0.25) is 0 Å². The van der Waals surface area contributed by atoms with Gasteiger partial charge in [0, 0.05) is 42.6 Å². The average molecular weight is 482 g/mol. The van der Waals surface area contributed by atoms with Crippen molar-refractivity contribution in [2.75, 3.05) is 19.5 Å². The third-order valence-corrected chi connectivity index (χ3v) is 5.23. The van der Waals surface area contributed by atoms with Crippen molar-refractivity contribution in [2.45, 2.75) is 0 Å². The van der Waals surface area contributed by atoms with Gasteiger partial charge in [-0.2, -0.15) is 0 Å². The summed E-state index contributed by atoms with van der Waals surface area (Å²) in [4.78, 5) is 25.9. The Balaban J connectivity index is 1.57. The van der Waals surface area contributed by atoms with Crippen LogP contribution in [0.4, 0.5) is 11.6 Å². The summed E-state index contributed by atoms with van der Waals surface area (Å²) in [5.74, 6) is 1.45. The monoisotopic (exact) mass is 481 g/mol. The number of nitrogens with zero attached hydrogens (tertiary/aromatic N) is 4. The molecule has 0 unspecified atom stereocenters. The smallest absolute Gasteiger partial charge is 0.295 e. The first-order valence-corrected chi connectivity index (χ1v) is 10.2. The summed E-state index contributed by atoms with van der Waals surface area (Å²) in [7, 11) is 4.89. The van der Waals surface area contributed by atoms with Crippen LogP contribution in [0, 0.1) is 0 Å². The molecule has 0 saturated heterocycles. The maximum atomic E-state index is 12.2. The molecule has 0 spiro atoms. The summed E-state index contributed by atoms with van der Waals surface area (Å²) in [6.07, 6.45) is 1.52. The van der Waals surface area contributed by atoms with E-state index in [0.29, 0.717) is 17.4 Å². The molecule has 1 amide bonds. The molecule has 0 radical (unpaired) electrons. The van der Waals surface area contributed by atoms with Gasteiger partial charge in [0.15, 0.2) is 0 Å². The van der Waals surface area contributed by atoms with Gasteiger partial charge in [-0.15, -0.1) is 0 Å². The van der Waals surface area contributed by atoms with Gasteiger partial charge in [0.2, 0.25) is 5.95 Å². The van der Waals surface area contributed by atoms with E-state index in [4.69, 9.17) is 9.57 Å². The topological polar surface area (TPSA) is 81.5 Å². The molecule has 4 aromatic rings. The molecular formula is C22H20BrN5O3. The molecule has 2 heterocycles. The number of hydroxylamine groups is 2. The highest BCUT2D eigenvalue weighted by molar-refractivity contribution is 9.10. The lowest BCUT2D eigenvalue weighted by Crippen LogP contribution is -2.26. The molecule has 8 nitrogen and oxygen atoms in total. The fourth-order valence-electron chi connectivity index (χ4n) is 2.99. The minimum absolute atomic E-state index is 0.224. The van der Waals surface area contributed by atoms with E-state index in [1.807, 2.05) is 54.1 Å². The fourth-order valence-corrected chi connectivity index (χ4v) is 3.25. The molecule has 0 bridgehead atoms. The highest BCUT2D eigenvalue weighted by Gasteiger charge is 2.14. The average Bonchev–Trinajstić information content (AvgIpc) is 3.09. The van der Waals surface area contributed by atoms with Gasteiger partial charge < -0.3 is 14.6 Å². The van der Waals surface area contributed by atoms with E-state index in [0.717, 1.165) is 26.3 Å². The Kier molecular flexibility index (Phi) is 5.88. The molecule has 0 aliphatic carbocycles. The van der Waals surface area contributed by atoms with Crippen LogP contribution in [0.5, 0.6) is 11.5 Å². The third kappa shape index (κ3) is 4.52. The summed E-state index contributed by atoms with van der Waals surface area (Å²) >= 11 is 3.44. The summed E-state index contributed by atoms with van der Waals surface area (Å²) in [6.45, 7) is 0. The first-order chi connectivity index (χ1) is 14.9. The van der Waals surface area contributed by atoms with Crippen molar-refractivity contribution in [1.82, 2.24) is 19.6 Å². The predicted octanol–water partition coefficient (Wildman–Crippen LogP) is 4.90. The van der Waals surface area contributed by atoms with Crippen molar-refractivity contribution in [3.05, 3.63) is 71.0 Å². The fraction of sp³-hybridized carbons (Fsp3) is 0.136. The number of amides is 1. The van der Waals surface area contributed by atoms with Crippen molar-refractivity contribution in [3.63, 3.8) is 0 Å². The maximum absolute atomic E-state index is 12.2. The number of pyridine rings is 1. The minimum atomic E-state index is -0.364. The van der Waals surface area contributed by atoms with Crippen molar-refractivity contribution in [3.8, 4) is 11.5 Å². The number of fused-ring (bicyclic) bond motifs is 1. The standard InChI is InChI=1S/C22H20BrN5O3/c1-27-20-9-8-16(31-17-10-11-24-19(13-17)21(29)28(2)30-3)12-18(20)26-22(27)25-15-6-4-14(23)5-7-15/h4-13H,1-3H3,(H,25,26). The van der Waals surface area contributed by atoms with E-state index in [1.54, 1.807) is 12.1 Å². The Bertz CT molecular complexity index is 1240. The van der Waals surface area contributed by atoms with Gasteiger partial charge in [0.05, 0.1) is 18.1 Å². The van der Waals surface area contributed by atoms with Gasteiger partial charge in [-0.25, -0.2) is 10.0 Å². The molecule has 2 aromatic heterocycles. The van der Waals surface area contributed by atoms with Crippen LogP contribution in [0.15, 0.2) is 65.3 Å². The molecule has 0 atom stereocenters. The molecule has 0 fully saturated rings. The second-order valence-corrected chi connectivity index (χ2v) is 7.66. The number of rotatable bonds is 6. The number of nitrogens with one attached hydrogen (secondary N) is 1. The van der Waals surface area contributed by atoms with Crippen molar-refractivity contribution in [2.24, 2.45) is 7.05 Å². The molecule has 2 aromatic carbocycles. The Morgan fingerprint density at radius 1 is 1.10 bits per heavy atom. The molecule has 0 aliphatic heterocycles. The van der Waals surface area contributed by atoms with Gasteiger partial charge in [-0.3, -0.25) is 14.6 Å². The first kappa shape index (κ1) is 20.8. The molecule has 9 heteroatoms. The highest BCUT2D eigenvalue weighted by Crippen LogP contribution is 2.28. The van der Waals surface area contributed by atoms with Gasteiger partial charge in [-0.05, 0) is 42.5 Å². The summed E-state index contributed by atoms with van der Waals surface area (Å²) in [6, 6.07) is 16.8. The van der Waals surface area contributed by atoms with Crippen LogP contribution >= 0.6 is 15.9 Å². The zero-order valence-corrected chi connectivity index (χ0v) is 18.8. The Morgan fingerprint density at radius 2 is 1.84 bits per heavy atom. The van der Waals surface area contributed by atoms with E-state index in [-0.39, 0.29) is 11.6 Å². The second kappa shape index (κ2) is 8.75. The van der Waals surface area contributed by atoms with E-state index in [9.17, 15) is 4.79 Å². The minimum Gasteiger partial charge on any atom is -0.457 e. The molecule has 158 valence electrons. The lowest BCUT2D eigenvalue weighted by atomic mass is 10.3. The molecule has 0 aliphatic rings. The Morgan fingerprint density at radius 3 is 2.58 bits per heavy atom. The number of carbonyl (C=O) groups is 1. The zero-order chi connectivity index (χ0) is 22.0. The summed E-state index contributed by atoms with van der Waals surface area (Å²) in [5, 5.41) is 4.43. The van der Waals surface area contributed by atoms with E-state index < -0.39 is 0 Å². The number of aryl methyl sites for hydroxylation is 1. The zero-order valence-electron chi connectivity index (χ0n) is 17.2. The second-order valence-electron chi connectivity index (χ2n) is 6.74. The van der Waals surface area contributed by atoms with Gasteiger partial charge >= 0.3 is 0 Å². The van der Waals surface area contributed by atoms with E-state index in [1.165, 1.54) is 20.4 Å². The summed E-state index contributed by atoms with van der Waals surface area (Å²) < 4.78 is 8.94. The number of halogens is 1. The van der Waals surface area contributed by atoms with Gasteiger partial charge in [0.1, 0.15) is 17.2 Å². The quantitative estimate of drug-likeness (QED) is 0.394. The highest BCUT2D eigenvalue weighted by atomic mass is 79.9. The van der Waals surface area contributed by atoms with Crippen LogP contribution in [-0.4, -0.2) is 39.7 Å². The molecular weight excluding hydrogens is 462 g/mol. The van der Waals surface area contributed by atoms with Crippen LogP contribution in [0.3, 0.4) is 0 Å². The lowest BCUT2D eigenvalue weighted by molar-refractivity contribution is -0.0760. The Labute approximate surface area is 187 Å². The van der Waals surface area contributed by atoms with Crippen LogP contribution in [0.1, 0.15) is 10.5 Å². The largest absolute Gasteiger partial charge is 0.457 e. The van der Waals surface area contributed by atoms with Gasteiger partial charge in [0.25, 0.3) is 5.91 Å². The van der Waals surface area contributed by atoms with E-state index >= 15 is 0 Å². The van der Waals surface area contributed by atoms with Crippen LogP contribution < -0.4 is 10.1 Å². The molecule has 1 N–H and O–H groups in total. The first-order valence-electron chi connectivity index (χ1n) is 9.40. The van der Waals surface area contributed by atoms with E-state index in [2.05, 4.69) is 31.2 Å². The maximum Gasteiger partial charge on any atom is 0.295 e.